The summed E-state index contributed by atoms with van der Waals surface area (Å²) >= 11 is 0. The maximum absolute atomic E-state index is 11.8. The van der Waals surface area contributed by atoms with Gasteiger partial charge in [0.25, 0.3) is 0 Å². The van der Waals surface area contributed by atoms with E-state index in [0.29, 0.717) is 6.61 Å². The Morgan fingerprint density at radius 1 is 1.38 bits per heavy atom. The number of hydrogen-bond acceptors (Lipinski definition) is 4. The number of carbonyl (C=O) groups is 1. The van der Waals surface area contributed by atoms with Crippen LogP contribution >= 0.6 is 0 Å². The molecule has 0 radical (unpaired) electrons. The molecule has 0 saturated carbocycles. The topological polar surface area (TPSA) is 51.3 Å². The Kier molecular flexibility index (Phi) is 2.33. The maximum atomic E-state index is 11.8. The molecule has 4 unspecified atom stereocenters. The monoisotopic (exact) mass is 227 g/mol. The van der Waals surface area contributed by atoms with Gasteiger partial charge in [0.15, 0.2) is 0 Å². The van der Waals surface area contributed by atoms with E-state index in [1.54, 1.807) is 7.11 Å². The van der Waals surface area contributed by atoms with E-state index < -0.39 is 0 Å². The summed E-state index contributed by atoms with van der Waals surface area (Å²) in [5, 5.41) is 0. The van der Waals surface area contributed by atoms with E-state index in [2.05, 4.69) is 0 Å². The quantitative estimate of drug-likeness (QED) is 0.654. The lowest BCUT2D eigenvalue weighted by molar-refractivity contribution is -0.0285. The van der Waals surface area contributed by atoms with E-state index in [-0.39, 0.29) is 36.5 Å². The van der Waals surface area contributed by atoms with Crippen LogP contribution < -0.4 is 0 Å². The lowest BCUT2D eigenvalue weighted by atomic mass is 9.99. The number of nitrogens with zero attached hydrogens (tertiary/aromatic N) is 1. The van der Waals surface area contributed by atoms with Crippen LogP contribution in [0.2, 0.25) is 0 Å². The van der Waals surface area contributed by atoms with Crippen LogP contribution in [0.3, 0.4) is 0 Å². The first-order chi connectivity index (χ1) is 7.76. The molecule has 3 saturated heterocycles. The number of epoxide rings is 1. The fraction of sp³-hybridized carbons (Fsp3) is 0.909. The van der Waals surface area contributed by atoms with Crippen molar-refractivity contribution in [2.45, 2.75) is 50.2 Å². The predicted molar refractivity (Wildman–Crippen MR) is 55.1 cm³/mol. The Bertz CT molecular complexity index is 290. The zero-order chi connectivity index (χ0) is 11.3. The van der Waals surface area contributed by atoms with Crippen molar-refractivity contribution in [3.8, 4) is 0 Å². The Morgan fingerprint density at radius 2 is 2.00 bits per heavy atom. The van der Waals surface area contributed by atoms with E-state index in [9.17, 15) is 4.79 Å². The SMILES string of the molecule is CCOC(=O)N1C2CC(OC)CC1C1OC12. The van der Waals surface area contributed by atoms with Gasteiger partial charge in [0, 0.05) is 7.11 Å². The molecule has 3 aliphatic heterocycles. The Hall–Kier alpha value is -0.810. The fourth-order valence-corrected chi connectivity index (χ4v) is 3.11. The first kappa shape index (κ1) is 10.4. The highest BCUT2D eigenvalue weighted by atomic mass is 16.6. The molecule has 3 fully saturated rings. The molecule has 1 amide bonds. The molecule has 0 spiro atoms. The summed E-state index contributed by atoms with van der Waals surface area (Å²) in [5.74, 6) is 0. The van der Waals surface area contributed by atoms with E-state index in [0.717, 1.165) is 12.8 Å². The van der Waals surface area contributed by atoms with Gasteiger partial charge in [0.05, 0.1) is 24.8 Å². The van der Waals surface area contributed by atoms with Gasteiger partial charge in [0.2, 0.25) is 0 Å². The van der Waals surface area contributed by atoms with Crippen LogP contribution in [0.15, 0.2) is 0 Å². The number of fused-ring (bicyclic) bond motifs is 5. The number of morpholine rings is 1. The fourth-order valence-electron chi connectivity index (χ4n) is 3.11. The third-order valence-corrected chi connectivity index (χ3v) is 3.86. The minimum Gasteiger partial charge on any atom is -0.450 e. The van der Waals surface area contributed by atoms with Crippen LogP contribution in [0.4, 0.5) is 4.79 Å². The first-order valence-corrected chi connectivity index (χ1v) is 5.89. The molecule has 0 N–H and O–H groups in total. The molecule has 16 heavy (non-hydrogen) atoms. The van der Waals surface area contributed by atoms with Crippen molar-refractivity contribution in [2.24, 2.45) is 0 Å². The van der Waals surface area contributed by atoms with Gasteiger partial charge in [-0.3, -0.25) is 4.90 Å². The third-order valence-electron chi connectivity index (χ3n) is 3.86. The first-order valence-electron chi connectivity index (χ1n) is 5.89. The molecule has 0 aromatic carbocycles. The van der Waals surface area contributed by atoms with Gasteiger partial charge in [-0.1, -0.05) is 0 Å². The molecule has 3 aliphatic rings. The molecular weight excluding hydrogens is 210 g/mol. The average Bonchev–Trinajstić information content (AvgIpc) is 3.03. The van der Waals surface area contributed by atoms with Crippen LogP contribution in [0.25, 0.3) is 0 Å². The highest BCUT2D eigenvalue weighted by Crippen LogP contribution is 2.48. The third kappa shape index (κ3) is 1.34. The number of rotatable bonds is 2. The van der Waals surface area contributed by atoms with Gasteiger partial charge < -0.3 is 14.2 Å². The van der Waals surface area contributed by atoms with Crippen molar-refractivity contribution in [2.75, 3.05) is 13.7 Å². The molecule has 5 nitrogen and oxygen atoms in total. The van der Waals surface area contributed by atoms with E-state index in [1.165, 1.54) is 0 Å². The van der Waals surface area contributed by atoms with Crippen molar-refractivity contribution < 1.29 is 19.0 Å². The minimum absolute atomic E-state index is 0.160. The smallest absolute Gasteiger partial charge is 0.410 e. The molecule has 0 aliphatic carbocycles. The summed E-state index contributed by atoms with van der Waals surface area (Å²) in [7, 11) is 1.73. The van der Waals surface area contributed by atoms with Gasteiger partial charge >= 0.3 is 6.09 Å². The molecule has 0 aromatic rings. The summed E-state index contributed by atoms with van der Waals surface area (Å²) < 4.78 is 16.1. The Morgan fingerprint density at radius 3 is 2.50 bits per heavy atom. The van der Waals surface area contributed by atoms with Gasteiger partial charge in [-0.2, -0.15) is 0 Å². The molecule has 90 valence electrons. The van der Waals surface area contributed by atoms with Crippen molar-refractivity contribution in [1.29, 1.82) is 0 Å². The zero-order valence-electron chi connectivity index (χ0n) is 9.59. The zero-order valence-corrected chi connectivity index (χ0v) is 9.59. The molecular formula is C11H17NO4. The number of methoxy groups -OCH3 is 1. The van der Waals surface area contributed by atoms with E-state index in [1.807, 2.05) is 11.8 Å². The standard InChI is InChI=1S/C11H17NO4/c1-3-15-11(13)12-7-4-6(14-2)5-8(12)10-9(7)16-10/h6-10H,3-5H2,1-2H3. The molecule has 0 aromatic heterocycles. The molecule has 3 heterocycles. The Labute approximate surface area is 94.6 Å². The Balaban J connectivity index is 1.75. The molecule has 3 rings (SSSR count). The highest BCUT2D eigenvalue weighted by Gasteiger charge is 2.65. The maximum Gasteiger partial charge on any atom is 0.410 e. The van der Waals surface area contributed by atoms with Crippen LogP contribution in [0.5, 0.6) is 0 Å². The van der Waals surface area contributed by atoms with Crippen molar-refractivity contribution in [3.63, 3.8) is 0 Å². The second kappa shape index (κ2) is 3.60. The number of amides is 1. The van der Waals surface area contributed by atoms with Gasteiger partial charge in [-0.05, 0) is 19.8 Å². The van der Waals surface area contributed by atoms with Gasteiger partial charge in [-0.15, -0.1) is 0 Å². The number of ether oxygens (including phenoxy) is 3. The minimum atomic E-state index is -0.192. The normalized spacial score (nSPS) is 44.1. The molecule has 4 atom stereocenters. The van der Waals surface area contributed by atoms with E-state index >= 15 is 0 Å². The summed E-state index contributed by atoms with van der Waals surface area (Å²) in [6.45, 7) is 2.26. The van der Waals surface area contributed by atoms with Crippen molar-refractivity contribution >= 4 is 6.09 Å². The average molecular weight is 227 g/mol. The van der Waals surface area contributed by atoms with Crippen molar-refractivity contribution in [1.82, 2.24) is 4.90 Å². The molecule has 2 bridgehead atoms. The van der Waals surface area contributed by atoms with E-state index in [4.69, 9.17) is 14.2 Å². The van der Waals surface area contributed by atoms with Crippen LogP contribution in [-0.4, -0.2) is 55.1 Å². The summed E-state index contributed by atoms with van der Waals surface area (Å²) in [6, 6.07) is 0.320. The summed E-state index contributed by atoms with van der Waals surface area (Å²) in [4.78, 5) is 13.7. The highest BCUT2D eigenvalue weighted by molar-refractivity contribution is 5.70. The number of hydrogen-bond donors (Lipinski definition) is 0. The van der Waals surface area contributed by atoms with Crippen LogP contribution in [0, 0.1) is 0 Å². The lowest BCUT2D eigenvalue weighted by Gasteiger charge is -2.39. The number of piperidine rings is 1. The summed E-state index contributed by atoms with van der Waals surface area (Å²) in [5.41, 5.74) is 0. The van der Waals surface area contributed by atoms with Gasteiger partial charge in [-0.25, -0.2) is 4.79 Å². The number of carbonyl (C=O) groups excluding carboxylic acids is 1. The second-order valence-corrected chi connectivity index (χ2v) is 4.64. The molecule has 5 heteroatoms. The summed E-state index contributed by atoms with van der Waals surface area (Å²) in [6.07, 6.45) is 2.27. The van der Waals surface area contributed by atoms with Gasteiger partial charge in [0.1, 0.15) is 12.2 Å². The van der Waals surface area contributed by atoms with Crippen LogP contribution in [0.1, 0.15) is 19.8 Å². The van der Waals surface area contributed by atoms with Crippen molar-refractivity contribution in [3.05, 3.63) is 0 Å². The lowest BCUT2D eigenvalue weighted by Crippen LogP contribution is -2.52. The largest absolute Gasteiger partial charge is 0.450 e. The second-order valence-electron chi connectivity index (χ2n) is 4.64. The predicted octanol–water partition coefficient (Wildman–Crippen LogP) is 0.772. The van der Waals surface area contributed by atoms with Crippen LogP contribution in [-0.2, 0) is 14.2 Å².